The first-order chi connectivity index (χ1) is 11.2. The summed E-state index contributed by atoms with van der Waals surface area (Å²) < 4.78 is 16.5. The van der Waals surface area contributed by atoms with Crippen molar-refractivity contribution in [2.45, 2.75) is 45.5 Å². The number of ether oxygens (including phenoxy) is 3. The van der Waals surface area contributed by atoms with E-state index in [2.05, 4.69) is 4.99 Å². The Labute approximate surface area is 143 Å². The number of nitrogens with two attached hydrogens (primary N) is 1. The molecule has 0 unspecified atom stereocenters. The Bertz CT molecular complexity index is 461. The number of hydrogen-bond donors (Lipinski definition) is 1. The molecule has 2 rings (SSSR count). The molecule has 0 spiro atoms. The van der Waals surface area contributed by atoms with Gasteiger partial charge in [0, 0.05) is 39.1 Å². The van der Waals surface area contributed by atoms with Crippen molar-refractivity contribution >= 4 is 12.1 Å². The minimum Gasteiger partial charge on any atom is -0.444 e. The Morgan fingerprint density at radius 2 is 1.71 bits per heavy atom. The highest BCUT2D eigenvalue weighted by Gasteiger charge is 2.30. The van der Waals surface area contributed by atoms with Crippen molar-refractivity contribution in [1.82, 2.24) is 9.80 Å². The van der Waals surface area contributed by atoms with E-state index in [0.717, 1.165) is 0 Å². The maximum atomic E-state index is 12.0. The van der Waals surface area contributed by atoms with Crippen LogP contribution in [0.25, 0.3) is 0 Å². The summed E-state index contributed by atoms with van der Waals surface area (Å²) in [5, 5.41) is 0. The third kappa shape index (κ3) is 5.52. The summed E-state index contributed by atoms with van der Waals surface area (Å²) >= 11 is 0. The van der Waals surface area contributed by atoms with Gasteiger partial charge in [0.2, 0.25) is 0 Å². The van der Waals surface area contributed by atoms with Crippen LogP contribution in [0.1, 0.15) is 34.1 Å². The Hall–Kier alpha value is -1.54. The van der Waals surface area contributed by atoms with E-state index >= 15 is 0 Å². The molecule has 24 heavy (non-hydrogen) atoms. The molecule has 0 radical (unpaired) electrons. The van der Waals surface area contributed by atoms with Gasteiger partial charge in [0.15, 0.2) is 11.7 Å². The second-order valence-corrected chi connectivity index (χ2v) is 7.28. The van der Waals surface area contributed by atoms with E-state index in [0.29, 0.717) is 58.3 Å². The Morgan fingerprint density at radius 3 is 2.25 bits per heavy atom. The van der Waals surface area contributed by atoms with Gasteiger partial charge in [0.05, 0.1) is 13.2 Å². The molecule has 1 amide bonds. The third-order valence-electron chi connectivity index (χ3n) is 3.99. The van der Waals surface area contributed by atoms with Gasteiger partial charge in [0.25, 0.3) is 0 Å². The van der Waals surface area contributed by atoms with E-state index in [1.165, 1.54) is 0 Å². The first kappa shape index (κ1) is 18.8. The van der Waals surface area contributed by atoms with Crippen LogP contribution in [-0.4, -0.2) is 79.2 Å². The van der Waals surface area contributed by atoms with E-state index in [1.807, 2.05) is 32.6 Å². The molecule has 0 atom stereocenters. The summed E-state index contributed by atoms with van der Waals surface area (Å²) in [7, 11) is 0. The zero-order valence-electron chi connectivity index (χ0n) is 15.2. The van der Waals surface area contributed by atoms with Gasteiger partial charge in [-0.05, 0) is 27.7 Å². The lowest BCUT2D eigenvalue weighted by molar-refractivity contribution is -0.144. The van der Waals surface area contributed by atoms with Gasteiger partial charge in [-0.1, -0.05) is 0 Å². The van der Waals surface area contributed by atoms with E-state index in [4.69, 9.17) is 19.9 Å². The number of guanidine groups is 1. The van der Waals surface area contributed by atoms with Crippen LogP contribution in [-0.2, 0) is 14.2 Å². The van der Waals surface area contributed by atoms with Crippen LogP contribution in [0.15, 0.2) is 4.99 Å². The van der Waals surface area contributed by atoms with Gasteiger partial charge in [0.1, 0.15) is 5.60 Å². The molecule has 2 fully saturated rings. The largest absolute Gasteiger partial charge is 0.444 e. The predicted octanol–water partition coefficient (Wildman–Crippen LogP) is 1.01. The molecule has 2 N–H and O–H groups in total. The highest BCUT2D eigenvalue weighted by atomic mass is 16.7. The van der Waals surface area contributed by atoms with Gasteiger partial charge < -0.3 is 29.7 Å². The maximum absolute atomic E-state index is 12.0. The molecule has 0 aromatic heterocycles. The summed E-state index contributed by atoms with van der Waals surface area (Å²) in [6, 6.07) is 0. The van der Waals surface area contributed by atoms with Gasteiger partial charge in [-0.25, -0.2) is 4.79 Å². The summed E-state index contributed by atoms with van der Waals surface area (Å²) in [6.07, 6.45) is 0.395. The minimum atomic E-state index is -0.542. The number of amides is 1. The summed E-state index contributed by atoms with van der Waals surface area (Å²) in [6.45, 7) is 11.8. The average molecular weight is 342 g/mol. The minimum absolute atomic E-state index is 0.277. The highest BCUT2D eigenvalue weighted by molar-refractivity contribution is 5.78. The molecular formula is C16H30N4O4. The molecule has 138 valence electrons. The van der Waals surface area contributed by atoms with Crippen molar-refractivity contribution < 1.29 is 19.0 Å². The lowest BCUT2D eigenvalue weighted by Gasteiger charge is -2.36. The van der Waals surface area contributed by atoms with Crippen molar-refractivity contribution in [2.75, 3.05) is 45.9 Å². The van der Waals surface area contributed by atoms with E-state index in [9.17, 15) is 4.79 Å². The predicted molar refractivity (Wildman–Crippen MR) is 90.8 cm³/mol. The molecule has 8 nitrogen and oxygen atoms in total. The maximum Gasteiger partial charge on any atom is 0.410 e. The van der Waals surface area contributed by atoms with Crippen molar-refractivity contribution in [2.24, 2.45) is 10.7 Å². The second-order valence-electron chi connectivity index (χ2n) is 7.28. The molecule has 2 heterocycles. The molecule has 0 aromatic carbocycles. The van der Waals surface area contributed by atoms with Gasteiger partial charge in [-0.2, -0.15) is 0 Å². The SMILES string of the molecule is CC(C)(C)OC(=O)N1CCN(C(N)=NCCC2(C)OCCO2)CC1. The Kier molecular flexibility index (Phi) is 5.92. The van der Waals surface area contributed by atoms with Crippen LogP contribution in [0.5, 0.6) is 0 Å². The fourth-order valence-corrected chi connectivity index (χ4v) is 2.62. The normalized spacial score (nSPS) is 21.9. The standard InChI is InChI=1S/C16H30N4O4/c1-15(2,3)24-14(21)20-9-7-19(8-10-20)13(17)18-6-5-16(4)22-11-12-23-16/h5-12H2,1-4H3,(H2,17,18). The average Bonchev–Trinajstić information content (AvgIpc) is 2.92. The van der Waals surface area contributed by atoms with Gasteiger partial charge in [-0.15, -0.1) is 0 Å². The molecule has 2 aliphatic heterocycles. The van der Waals surface area contributed by atoms with Crippen molar-refractivity contribution in [3.05, 3.63) is 0 Å². The first-order valence-corrected chi connectivity index (χ1v) is 8.49. The van der Waals surface area contributed by atoms with Crippen LogP contribution in [0.4, 0.5) is 4.79 Å². The van der Waals surface area contributed by atoms with Gasteiger partial charge >= 0.3 is 6.09 Å². The fraction of sp³-hybridized carbons (Fsp3) is 0.875. The quantitative estimate of drug-likeness (QED) is 0.608. The molecule has 8 heteroatoms. The lowest BCUT2D eigenvalue weighted by Crippen LogP contribution is -2.53. The smallest absolute Gasteiger partial charge is 0.410 e. The number of piperazine rings is 1. The number of carbonyl (C=O) groups is 1. The zero-order valence-corrected chi connectivity index (χ0v) is 15.2. The Balaban J connectivity index is 1.74. The van der Waals surface area contributed by atoms with E-state index < -0.39 is 11.4 Å². The summed E-state index contributed by atoms with van der Waals surface area (Å²) in [4.78, 5) is 20.1. The van der Waals surface area contributed by atoms with Gasteiger partial charge in [-0.3, -0.25) is 4.99 Å². The van der Waals surface area contributed by atoms with Crippen molar-refractivity contribution in [3.8, 4) is 0 Å². The molecule has 2 saturated heterocycles. The fourth-order valence-electron chi connectivity index (χ4n) is 2.62. The van der Waals surface area contributed by atoms with Crippen LogP contribution in [0, 0.1) is 0 Å². The first-order valence-electron chi connectivity index (χ1n) is 8.49. The molecular weight excluding hydrogens is 312 g/mol. The van der Waals surface area contributed by atoms with E-state index in [1.54, 1.807) is 4.90 Å². The molecule has 2 aliphatic rings. The van der Waals surface area contributed by atoms with Crippen LogP contribution in [0.2, 0.25) is 0 Å². The number of hydrogen-bond acceptors (Lipinski definition) is 5. The molecule has 0 bridgehead atoms. The number of aliphatic imine (C=N–C) groups is 1. The summed E-state index contributed by atoms with van der Waals surface area (Å²) in [5.41, 5.74) is 5.58. The van der Waals surface area contributed by atoms with Crippen molar-refractivity contribution in [1.29, 1.82) is 0 Å². The molecule has 0 aromatic rings. The van der Waals surface area contributed by atoms with Crippen molar-refractivity contribution in [3.63, 3.8) is 0 Å². The van der Waals surface area contributed by atoms with Crippen LogP contribution in [0.3, 0.4) is 0 Å². The topological polar surface area (TPSA) is 89.6 Å². The molecule has 0 saturated carbocycles. The van der Waals surface area contributed by atoms with E-state index in [-0.39, 0.29) is 6.09 Å². The Morgan fingerprint density at radius 1 is 1.17 bits per heavy atom. The number of carbonyl (C=O) groups excluding carboxylic acids is 1. The van der Waals surface area contributed by atoms with Crippen LogP contribution >= 0.6 is 0 Å². The number of rotatable bonds is 3. The molecule has 0 aliphatic carbocycles. The zero-order chi connectivity index (χ0) is 17.8. The van der Waals surface area contributed by atoms with Crippen LogP contribution < -0.4 is 5.73 Å². The number of nitrogens with zero attached hydrogens (tertiary/aromatic N) is 3. The third-order valence-corrected chi connectivity index (χ3v) is 3.99. The second kappa shape index (κ2) is 7.57. The monoisotopic (exact) mass is 342 g/mol. The lowest BCUT2D eigenvalue weighted by atomic mass is 10.2. The highest BCUT2D eigenvalue weighted by Crippen LogP contribution is 2.22. The summed E-state index contributed by atoms with van der Waals surface area (Å²) in [5.74, 6) is -0.0421.